The fourth-order valence-electron chi connectivity index (χ4n) is 2.68. The van der Waals surface area contributed by atoms with Gasteiger partial charge in [0.25, 0.3) is 0 Å². The van der Waals surface area contributed by atoms with Crippen molar-refractivity contribution in [1.82, 2.24) is 10.2 Å². The third-order valence-electron chi connectivity index (χ3n) is 3.85. The van der Waals surface area contributed by atoms with Crippen molar-refractivity contribution in [3.63, 3.8) is 0 Å². The molecule has 0 aliphatic carbocycles. The van der Waals surface area contributed by atoms with Crippen molar-refractivity contribution in [3.05, 3.63) is 35.4 Å². The number of benzene rings is 1. The summed E-state index contributed by atoms with van der Waals surface area (Å²) in [6.07, 6.45) is 1.90. The maximum absolute atomic E-state index is 8.77. The van der Waals surface area contributed by atoms with Gasteiger partial charge in [0.15, 0.2) is 0 Å². The van der Waals surface area contributed by atoms with Gasteiger partial charge in [0.2, 0.25) is 0 Å². The molecule has 0 spiro atoms. The number of piperazine rings is 1. The molecule has 1 saturated heterocycles. The zero-order valence-electron chi connectivity index (χ0n) is 12.2. The standard InChI is InChI=1S/C16H24N4/c1-13-12-20(9-7-19-13)8-6-16(18)10-14-2-4-15(11-17)5-3-14/h2-5,13,16,19H,6-10,12,18H2,1H3/t13-,16+/m1/s1. The number of hydrogen-bond acceptors (Lipinski definition) is 4. The lowest BCUT2D eigenvalue weighted by Crippen LogP contribution is -2.50. The SMILES string of the molecule is C[C@@H]1CN(CC[C@H](N)Cc2ccc(C#N)cc2)CCN1. The predicted octanol–water partition coefficient (Wildman–Crippen LogP) is 1.11. The van der Waals surface area contributed by atoms with Crippen LogP contribution in [0.3, 0.4) is 0 Å². The maximum Gasteiger partial charge on any atom is 0.0991 e. The van der Waals surface area contributed by atoms with Crippen LogP contribution in [0.25, 0.3) is 0 Å². The van der Waals surface area contributed by atoms with Crippen molar-refractivity contribution in [2.45, 2.75) is 31.8 Å². The van der Waals surface area contributed by atoms with Gasteiger partial charge in [-0.15, -0.1) is 0 Å². The van der Waals surface area contributed by atoms with Crippen molar-refractivity contribution >= 4 is 0 Å². The van der Waals surface area contributed by atoms with Gasteiger partial charge in [-0.1, -0.05) is 12.1 Å². The molecule has 0 unspecified atom stereocenters. The number of nitrogens with two attached hydrogens (primary N) is 1. The zero-order chi connectivity index (χ0) is 14.4. The summed E-state index contributed by atoms with van der Waals surface area (Å²) >= 11 is 0. The highest BCUT2D eigenvalue weighted by molar-refractivity contribution is 5.31. The topological polar surface area (TPSA) is 65.1 Å². The molecule has 0 saturated carbocycles. The molecule has 4 heteroatoms. The molecule has 0 aromatic heterocycles. The average molecular weight is 272 g/mol. The molecule has 0 bridgehead atoms. The van der Waals surface area contributed by atoms with Crippen LogP contribution in [-0.2, 0) is 6.42 Å². The first-order valence-electron chi connectivity index (χ1n) is 7.37. The highest BCUT2D eigenvalue weighted by Gasteiger charge is 2.16. The Morgan fingerprint density at radius 2 is 2.20 bits per heavy atom. The molecule has 1 aromatic rings. The van der Waals surface area contributed by atoms with Crippen LogP contribution >= 0.6 is 0 Å². The molecule has 0 amide bonds. The summed E-state index contributed by atoms with van der Waals surface area (Å²) in [5.41, 5.74) is 8.14. The van der Waals surface area contributed by atoms with E-state index in [2.05, 4.69) is 23.2 Å². The molecular weight excluding hydrogens is 248 g/mol. The minimum absolute atomic E-state index is 0.188. The number of nitrogens with one attached hydrogen (secondary N) is 1. The third-order valence-corrected chi connectivity index (χ3v) is 3.85. The van der Waals surface area contributed by atoms with Gasteiger partial charge in [0.05, 0.1) is 11.6 Å². The molecule has 0 radical (unpaired) electrons. The van der Waals surface area contributed by atoms with Crippen molar-refractivity contribution < 1.29 is 0 Å². The molecule has 3 N–H and O–H groups in total. The smallest absolute Gasteiger partial charge is 0.0991 e. The Morgan fingerprint density at radius 1 is 1.45 bits per heavy atom. The number of hydrogen-bond donors (Lipinski definition) is 2. The van der Waals surface area contributed by atoms with Gasteiger partial charge in [-0.05, 0) is 44.0 Å². The van der Waals surface area contributed by atoms with Crippen LogP contribution in [0.2, 0.25) is 0 Å². The van der Waals surface area contributed by atoms with E-state index in [-0.39, 0.29) is 6.04 Å². The Balaban J connectivity index is 1.74. The molecule has 1 aliphatic rings. The molecule has 4 nitrogen and oxygen atoms in total. The Morgan fingerprint density at radius 3 is 2.85 bits per heavy atom. The fourth-order valence-corrected chi connectivity index (χ4v) is 2.68. The van der Waals surface area contributed by atoms with Crippen LogP contribution in [0.15, 0.2) is 24.3 Å². The molecule has 1 aromatic carbocycles. The largest absolute Gasteiger partial charge is 0.327 e. The molecule has 2 rings (SSSR count). The van der Waals surface area contributed by atoms with E-state index in [4.69, 9.17) is 11.0 Å². The summed E-state index contributed by atoms with van der Waals surface area (Å²) < 4.78 is 0. The van der Waals surface area contributed by atoms with Crippen molar-refractivity contribution in [1.29, 1.82) is 5.26 Å². The molecule has 1 fully saturated rings. The zero-order valence-corrected chi connectivity index (χ0v) is 12.2. The first kappa shape index (κ1) is 15.0. The normalized spacial score (nSPS) is 21.4. The van der Waals surface area contributed by atoms with Gasteiger partial charge >= 0.3 is 0 Å². The molecule has 1 heterocycles. The van der Waals surface area contributed by atoms with Gasteiger partial charge < -0.3 is 16.0 Å². The van der Waals surface area contributed by atoms with Crippen LogP contribution in [-0.4, -0.2) is 43.2 Å². The van der Waals surface area contributed by atoms with Crippen molar-refractivity contribution in [3.8, 4) is 6.07 Å². The molecule has 108 valence electrons. The number of rotatable bonds is 5. The molecular formula is C16H24N4. The molecule has 2 atom stereocenters. The van der Waals surface area contributed by atoms with Crippen LogP contribution in [0.1, 0.15) is 24.5 Å². The van der Waals surface area contributed by atoms with Gasteiger partial charge in [-0.3, -0.25) is 0 Å². The summed E-state index contributed by atoms with van der Waals surface area (Å²) in [6, 6.07) is 10.6. The lowest BCUT2D eigenvalue weighted by atomic mass is 10.0. The fraction of sp³-hybridized carbons (Fsp3) is 0.562. The van der Waals surface area contributed by atoms with E-state index in [1.54, 1.807) is 0 Å². The summed E-state index contributed by atoms with van der Waals surface area (Å²) in [7, 11) is 0. The van der Waals surface area contributed by atoms with Gasteiger partial charge in [-0.25, -0.2) is 0 Å². The minimum Gasteiger partial charge on any atom is -0.327 e. The summed E-state index contributed by atoms with van der Waals surface area (Å²) in [5, 5.41) is 12.2. The van der Waals surface area contributed by atoms with Crippen LogP contribution in [0.5, 0.6) is 0 Å². The quantitative estimate of drug-likeness (QED) is 0.843. The number of nitrogens with zero attached hydrogens (tertiary/aromatic N) is 2. The van der Waals surface area contributed by atoms with E-state index < -0.39 is 0 Å². The molecule has 1 aliphatic heterocycles. The van der Waals surface area contributed by atoms with E-state index in [0.717, 1.165) is 39.0 Å². The Bertz CT molecular complexity index is 449. The van der Waals surface area contributed by atoms with E-state index in [0.29, 0.717) is 11.6 Å². The first-order chi connectivity index (χ1) is 9.67. The van der Waals surface area contributed by atoms with Crippen LogP contribution in [0, 0.1) is 11.3 Å². The lowest BCUT2D eigenvalue weighted by Gasteiger charge is -2.32. The highest BCUT2D eigenvalue weighted by atomic mass is 15.2. The van der Waals surface area contributed by atoms with Gasteiger partial charge in [0, 0.05) is 31.7 Å². The second kappa shape index (κ2) is 7.39. The predicted molar refractivity (Wildman–Crippen MR) is 81.4 cm³/mol. The lowest BCUT2D eigenvalue weighted by molar-refractivity contribution is 0.200. The first-order valence-corrected chi connectivity index (χ1v) is 7.37. The van der Waals surface area contributed by atoms with E-state index in [9.17, 15) is 0 Å². The Hall–Kier alpha value is -1.41. The van der Waals surface area contributed by atoms with Crippen molar-refractivity contribution in [2.75, 3.05) is 26.2 Å². The second-order valence-corrected chi connectivity index (χ2v) is 5.72. The monoisotopic (exact) mass is 272 g/mol. The minimum atomic E-state index is 0.188. The van der Waals surface area contributed by atoms with Crippen LogP contribution < -0.4 is 11.1 Å². The average Bonchev–Trinajstić information content (AvgIpc) is 2.46. The third kappa shape index (κ3) is 4.61. The summed E-state index contributed by atoms with van der Waals surface area (Å²) in [5.74, 6) is 0. The second-order valence-electron chi connectivity index (χ2n) is 5.72. The Labute approximate surface area is 121 Å². The Kier molecular flexibility index (Phi) is 5.54. The summed E-state index contributed by atoms with van der Waals surface area (Å²) in [6.45, 7) is 6.61. The van der Waals surface area contributed by atoms with Gasteiger partial charge in [-0.2, -0.15) is 5.26 Å². The van der Waals surface area contributed by atoms with Crippen molar-refractivity contribution in [2.24, 2.45) is 5.73 Å². The van der Waals surface area contributed by atoms with Crippen LogP contribution in [0.4, 0.5) is 0 Å². The van der Waals surface area contributed by atoms with E-state index >= 15 is 0 Å². The molecule has 20 heavy (non-hydrogen) atoms. The van der Waals surface area contributed by atoms with Gasteiger partial charge in [0.1, 0.15) is 0 Å². The maximum atomic E-state index is 8.77. The van der Waals surface area contributed by atoms with E-state index in [1.165, 1.54) is 5.56 Å². The van der Waals surface area contributed by atoms with E-state index in [1.807, 2.05) is 24.3 Å². The summed E-state index contributed by atoms with van der Waals surface area (Å²) in [4.78, 5) is 2.49. The highest BCUT2D eigenvalue weighted by Crippen LogP contribution is 2.08. The number of nitriles is 1.